The van der Waals surface area contributed by atoms with Gasteiger partial charge in [0.1, 0.15) is 0 Å². The van der Waals surface area contributed by atoms with E-state index in [1.807, 2.05) is 66.7 Å². The van der Waals surface area contributed by atoms with E-state index in [4.69, 9.17) is 4.74 Å². The molecule has 0 saturated heterocycles. The van der Waals surface area contributed by atoms with E-state index < -0.39 is 11.9 Å². The molecule has 0 radical (unpaired) electrons. The number of nitrogens with zero attached hydrogens (tertiary/aromatic N) is 4. The average molecular weight is 344 g/mol. The molecule has 3 aromatic rings. The molecule has 1 unspecified atom stereocenters. The molecule has 0 amide bonds. The molecule has 3 rings (SSSR count). The lowest BCUT2D eigenvalue weighted by Crippen LogP contribution is -2.18. The van der Waals surface area contributed by atoms with Crippen LogP contribution in [0.3, 0.4) is 0 Å². The number of rotatable bonds is 5. The topological polar surface area (TPSA) is 88.8 Å². The zero-order valence-electron chi connectivity index (χ0n) is 14.2. The van der Waals surface area contributed by atoms with Gasteiger partial charge < -0.3 is 4.74 Å². The van der Waals surface area contributed by atoms with Crippen molar-refractivity contribution in [1.82, 2.24) is 15.0 Å². The number of aromatic nitrogens is 3. The van der Waals surface area contributed by atoms with Crippen LogP contribution in [0.2, 0.25) is 0 Å². The van der Waals surface area contributed by atoms with Crippen LogP contribution in [-0.2, 0) is 9.53 Å². The summed E-state index contributed by atoms with van der Waals surface area (Å²) in [7, 11) is 0. The van der Waals surface area contributed by atoms with Gasteiger partial charge in [-0.1, -0.05) is 60.7 Å². The molecule has 0 bridgehead atoms. The lowest BCUT2D eigenvalue weighted by molar-refractivity contribution is -0.143. The fourth-order valence-electron chi connectivity index (χ4n) is 2.40. The van der Waals surface area contributed by atoms with E-state index in [9.17, 15) is 10.1 Å². The molecule has 1 aromatic heterocycles. The van der Waals surface area contributed by atoms with E-state index in [2.05, 4.69) is 15.0 Å². The highest BCUT2D eigenvalue weighted by molar-refractivity contribution is 5.80. The maximum Gasteiger partial charge on any atom is 0.331 e. The van der Waals surface area contributed by atoms with E-state index >= 15 is 0 Å². The van der Waals surface area contributed by atoms with E-state index in [-0.39, 0.29) is 12.4 Å². The van der Waals surface area contributed by atoms with Crippen LogP contribution in [-0.4, -0.2) is 27.5 Å². The van der Waals surface area contributed by atoms with Gasteiger partial charge in [-0.25, -0.2) is 15.0 Å². The maximum absolute atomic E-state index is 12.1. The summed E-state index contributed by atoms with van der Waals surface area (Å²) in [5.74, 6) is -0.987. The van der Waals surface area contributed by atoms with E-state index in [0.29, 0.717) is 11.6 Å². The zero-order valence-corrected chi connectivity index (χ0v) is 14.2. The Labute approximate surface area is 151 Å². The van der Waals surface area contributed by atoms with E-state index in [1.165, 1.54) is 0 Å². The molecule has 1 atom stereocenters. The summed E-state index contributed by atoms with van der Waals surface area (Å²) in [4.78, 5) is 25.4. The number of ether oxygens (including phenoxy) is 1. The van der Waals surface area contributed by atoms with Crippen LogP contribution in [0.5, 0.6) is 0 Å². The molecular weight excluding hydrogens is 328 g/mol. The van der Waals surface area contributed by atoms with Gasteiger partial charge >= 0.3 is 5.97 Å². The maximum atomic E-state index is 12.1. The molecule has 128 valence electrons. The van der Waals surface area contributed by atoms with Crippen molar-refractivity contribution in [3.05, 3.63) is 66.5 Å². The van der Waals surface area contributed by atoms with Gasteiger partial charge in [0.05, 0.1) is 12.7 Å². The SMILES string of the molecule is CCOC(=O)C(C#N)c1nc(-c2ccccc2)nc(-c2ccccc2)n1. The summed E-state index contributed by atoms with van der Waals surface area (Å²) in [6.45, 7) is 1.86. The summed E-state index contributed by atoms with van der Waals surface area (Å²) in [6, 6.07) is 20.6. The van der Waals surface area contributed by atoms with Gasteiger partial charge in [-0.2, -0.15) is 5.26 Å². The second-order valence-electron chi connectivity index (χ2n) is 5.39. The number of benzene rings is 2. The Kier molecular flexibility index (Phi) is 5.30. The van der Waals surface area contributed by atoms with Gasteiger partial charge in [-0.05, 0) is 6.92 Å². The van der Waals surface area contributed by atoms with Crippen LogP contribution in [0.4, 0.5) is 0 Å². The highest BCUT2D eigenvalue weighted by Crippen LogP contribution is 2.23. The Hall–Kier alpha value is -3.59. The zero-order chi connectivity index (χ0) is 18.4. The summed E-state index contributed by atoms with van der Waals surface area (Å²) in [5, 5.41) is 9.45. The van der Waals surface area contributed by atoms with Crippen molar-refractivity contribution in [3.8, 4) is 28.8 Å². The minimum Gasteiger partial charge on any atom is -0.465 e. The third kappa shape index (κ3) is 3.73. The second-order valence-corrected chi connectivity index (χ2v) is 5.39. The Balaban J connectivity index is 2.15. The van der Waals surface area contributed by atoms with Gasteiger partial charge in [0, 0.05) is 11.1 Å². The quantitative estimate of drug-likeness (QED) is 0.659. The third-order valence-electron chi connectivity index (χ3n) is 3.63. The Bertz CT molecular complexity index is 879. The van der Waals surface area contributed by atoms with Crippen LogP contribution in [0.15, 0.2) is 60.7 Å². The molecule has 0 aliphatic carbocycles. The molecule has 0 saturated carbocycles. The molecule has 0 aliphatic heterocycles. The minimum absolute atomic E-state index is 0.0821. The molecule has 6 heteroatoms. The first-order chi connectivity index (χ1) is 12.7. The fourth-order valence-corrected chi connectivity index (χ4v) is 2.40. The van der Waals surface area contributed by atoms with Crippen LogP contribution in [0.1, 0.15) is 18.7 Å². The second kappa shape index (κ2) is 7.99. The normalized spacial score (nSPS) is 11.4. The smallest absolute Gasteiger partial charge is 0.331 e. The summed E-state index contributed by atoms with van der Waals surface area (Å²) < 4.78 is 4.98. The Morgan fingerprint density at radius 2 is 1.46 bits per heavy atom. The van der Waals surface area contributed by atoms with Crippen molar-refractivity contribution in [3.63, 3.8) is 0 Å². The van der Waals surface area contributed by atoms with E-state index in [1.54, 1.807) is 6.92 Å². The Morgan fingerprint density at radius 1 is 0.962 bits per heavy atom. The molecule has 26 heavy (non-hydrogen) atoms. The lowest BCUT2D eigenvalue weighted by Gasteiger charge is -2.11. The van der Waals surface area contributed by atoms with Crippen LogP contribution >= 0.6 is 0 Å². The van der Waals surface area contributed by atoms with Crippen molar-refractivity contribution < 1.29 is 9.53 Å². The lowest BCUT2D eigenvalue weighted by atomic mass is 10.1. The first-order valence-electron chi connectivity index (χ1n) is 8.16. The van der Waals surface area contributed by atoms with E-state index in [0.717, 1.165) is 11.1 Å². The highest BCUT2D eigenvalue weighted by Gasteiger charge is 2.26. The molecule has 1 heterocycles. The number of hydrogen-bond donors (Lipinski definition) is 0. The highest BCUT2D eigenvalue weighted by atomic mass is 16.5. The molecule has 0 aliphatic rings. The van der Waals surface area contributed by atoms with Crippen molar-refractivity contribution in [2.24, 2.45) is 0 Å². The largest absolute Gasteiger partial charge is 0.465 e. The van der Waals surface area contributed by atoms with Crippen LogP contribution < -0.4 is 0 Å². The van der Waals surface area contributed by atoms with Crippen LogP contribution in [0.25, 0.3) is 22.8 Å². The minimum atomic E-state index is -1.21. The Morgan fingerprint density at radius 3 is 1.88 bits per heavy atom. The van der Waals surface area contributed by atoms with Crippen molar-refractivity contribution in [2.75, 3.05) is 6.61 Å². The standard InChI is InChI=1S/C20H16N4O2/c1-2-26-20(25)16(13-21)19-23-17(14-9-5-3-6-10-14)22-18(24-19)15-11-7-4-8-12-15/h3-12,16H,2H2,1H3. The van der Waals surface area contributed by atoms with Gasteiger partial charge in [0.25, 0.3) is 0 Å². The third-order valence-corrected chi connectivity index (χ3v) is 3.63. The van der Waals surface area contributed by atoms with Gasteiger partial charge in [-0.15, -0.1) is 0 Å². The molecule has 0 fully saturated rings. The fraction of sp³-hybridized carbons (Fsp3) is 0.150. The predicted molar refractivity (Wildman–Crippen MR) is 95.7 cm³/mol. The first kappa shape index (κ1) is 17.2. The number of carbonyl (C=O) groups is 1. The molecule has 0 N–H and O–H groups in total. The number of hydrogen-bond acceptors (Lipinski definition) is 6. The number of nitriles is 1. The van der Waals surface area contributed by atoms with Crippen molar-refractivity contribution in [2.45, 2.75) is 12.8 Å². The van der Waals surface area contributed by atoms with Crippen LogP contribution in [0, 0.1) is 11.3 Å². The molecule has 2 aromatic carbocycles. The molecular formula is C20H16N4O2. The molecule has 0 spiro atoms. The monoisotopic (exact) mass is 344 g/mol. The first-order valence-corrected chi connectivity index (χ1v) is 8.16. The summed E-state index contributed by atoms with van der Waals surface area (Å²) in [6.07, 6.45) is 0. The average Bonchev–Trinajstić information content (AvgIpc) is 2.70. The predicted octanol–water partition coefficient (Wildman–Crippen LogP) is 3.38. The number of esters is 1. The number of carbonyl (C=O) groups excluding carboxylic acids is 1. The van der Waals surface area contributed by atoms with Gasteiger partial charge in [-0.3, -0.25) is 4.79 Å². The van der Waals surface area contributed by atoms with Gasteiger partial charge in [0.2, 0.25) is 5.92 Å². The summed E-state index contributed by atoms with van der Waals surface area (Å²) >= 11 is 0. The van der Waals surface area contributed by atoms with Gasteiger partial charge in [0.15, 0.2) is 17.5 Å². The summed E-state index contributed by atoms with van der Waals surface area (Å²) in [5.41, 5.74) is 1.54. The molecule has 6 nitrogen and oxygen atoms in total. The van der Waals surface area contributed by atoms with Crippen molar-refractivity contribution >= 4 is 5.97 Å². The van der Waals surface area contributed by atoms with Crippen molar-refractivity contribution in [1.29, 1.82) is 5.26 Å².